The summed E-state index contributed by atoms with van der Waals surface area (Å²) in [4.78, 5) is 0. The van der Waals surface area contributed by atoms with E-state index >= 15 is 0 Å². The Morgan fingerprint density at radius 1 is 0.947 bits per heavy atom. The van der Waals surface area contributed by atoms with Crippen molar-refractivity contribution < 1.29 is 0 Å². The first-order valence-electron chi connectivity index (χ1n) is 6.52. The molecule has 0 aliphatic heterocycles. The van der Waals surface area contributed by atoms with Crippen molar-refractivity contribution in [3.63, 3.8) is 0 Å². The summed E-state index contributed by atoms with van der Waals surface area (Å²) in [7, 11) is 5.53. The summed E-state index contributed by atoms with van der Waals surface area (Å²) in [5, 5.41) is 2.43. The SMILES string of the molecule is CC(N)CC(c1cccc(P)c1)c1cccc(P)c1. The standard InChI is InChI=1S/C16H21NP2/c1-11(17)8-16(12-4-2-6-14(18)9-12)13-5-3-7-15(19)10-13/h2-7,9-11,16H,8,17-19H2,1H3. The van der Waals surface area contributed by atoms with Gasteiger partial charge in [0.15, 0.2) is 0 Å². The second kappa shape index (κ2) is 6.62. The van der Waals surface area contributed by atoms with Gasteiger partial charge in [-0.2, -0.15) is 0 Å². The molecule has 0 aliphatic rings. The predicted molar refractivity (Wildman–Crippen MR) is 91.7 cm³/mol. The number of hydrogen-bond acceptors (Lipinski definition) is 1. The fraction of sp³-hybridized carbons (Fsp3) is 0.250. The Labute approximate surface area is 120 Å². The molecule has 19 heavy (non-hydrogen) atoms. The van der Waals surface area contributed by atoms with Crippen LogP contribution in [0.15, 0.2) is 48.5 Å². The Bertz CT molecular complexity index is 506. The van der Waals surface area contributed by atoms with Crippen molar-refractivity contribution in [1.29, 1.82) is 0 Å². The van der Waals surface area contributed by atoms with E-state index in [1.165, 1.54) is 21.7 Å². The summed E-state index contributed by atoms with van der Waals surface area (Å²) >= 11 is 0. The highest BCUT2D eigenvalue weighted by molar-refractivity contribution is 7.27. The van der Waals surface area contributed by atoms with Gasteiger partial charge in [-0.1, -0.05) is 48.5 Å². The lowest BCUT2D eigenvalue weighted by atomic mass is 9.86. The van der Waals surface area contributed by atoms with E-state index < -0.39 is 0 Å². The minimum Gasteiger partial charge on any atom is -0.328 e. The highest BCUT2D eigenvalue weighted by atomic mass is 31.0. The van der Waals surface area contributed by atoms with Crippen LogP contribution in [0.3, 0.4) is 0 Å². The van der Waals surface area contributed by atoms with Crippen molar-refractivity contribution in [2.75, 3.05) is 0 Å². The summed E-state index contributed by atoms with van der Waals surface area (Å²) in [5.41, 5.74) is 8.70. The summed E-state index contributed by atoms with van der Waals surface area (Å²) < 4.78 is 0. The number of rotatable bonds is 4. The van der Waals surface area contributed by atoms with Crippen molar-refractivity contribution >= 4 is 29.1 Å². The van der Waals surface area contributed by atoms with Gasteiger partial charge in [0, 0.05) is 12.0 Å². The molecule has 0 spiro atoms. The van der Waals surface area contributed by atoms with Gasteiger partial charge in [0.2, 0.25) is 0 Å². The number of hydrogen-bond donors (Lipinski definition) is 1. The van der Waals surface area contributed by atoms with E-state index in [0.717, 1.165) is 6.42 Å². The van der Waals surface area contributed by atoms with Gasteiger partial charge < -0.3 is 5.73 Å². The molecule has 0 heterocycles. The van der Waals surface area contributed by atoms with Crippen LogP contribution in [0.4, 0.5) is 0 Å². The van der Waals surface area contributed by atoms with Gasteiger partial charge in [-0.05, 0) is 35.1 Å². The Hall–Kier alpha value is -0.740. The van der Waals surface area contributed by atoms with Gasteiger partial charge in [-0.25, -0.2) is 0 Å². The summed E-state index contributed by atoms with van der Waals surface area (Å²) in [6.07, 6.45) is 0.961. The van der Waals surface area contributed by atoms with Crippen LogP contribution in [0.5, 0.6) is 0 Å². The smallest absolute Gasteiger partial charge is 0.0104 e. The molecule has 0 radical (unpaired) electrons. The average molecular weight is 289 g/mol. The molecule has 2 aromatic carbocycles. The summed E-state index contributed by atoms with van der Waals surface area (Å²) in [6, 6.07) is 17.4. The molecule has 0 fully saturated rings. The Balaban J connectivity index is 2.41. The molecule has 2 rings (SSSR count). The lowest BCUT2D eigenvalue weighted by Crippen LogP contribution is -2.20. The van der Waals surface area contributed by atoms with E-state index in [-0.39, 0.29) is 6.04 Å². The van der Waals surface area contributed by atoms with Crippen molar-refractivity contribution in [3.05, 3.63) is 59.7 Å². The first kappa shape index (κ1) is 14.7. The van der Waals surface area contributed by atoms with Crippen LogP contribution in [-0.2, 0) is 0 Å². The molecular formula is C16H21NP2. The van der Waals surface area contributed by atoms with E-state index in [9.17, 15) is 0 Å². The lowest BCUT2D eigenvalue weighted by molar-refractivity contribution is 0.609. The maximum Gasteiger partial charge on any atom is 0.0104 e. The van der Waals surface area contributed by atoms with E-state index in [2.05, 4.69) is 73.9 Å². The first-order chi connectivity index (χ1) is 9.06. The minimum atomic E-state index is 0.186. The zero-order valence-corrected chi connectivity index (χ0v) is 13.5. The van der Waals surface area contributed by atoms with Gasteiger partial charge >= 0.3 is 0 Å². The zero-order valence-electron chi connectivity index (χ0n) is 11.2. The maximum absolute atomic E-state index is 6.03. The normalized spacial score (nSPS) is 12.7. The Morgan fingerprint density at radius 2 is 1.42 bits per heavy atom. The molecule has 3 heteroatoms. The molecular weight excluding hydrogens is 268 g/mol. The second-order valence-electron chi connectivity index (χ2n) is 5.11. The largest absolute Gasteiger partial charge is 0.328 e. The van der Waals surface area contributed by atoms with Crippen LogP contribution in [0.2, 0.25) is 0 Å². The lowest BCUT2D eigenvalue weighted by Gasteiger charge is -2.21. The first-order valence-corrected chi connectivity index (χ1v) is 7.68. The van der Waals surface area contributed by atoms with Gasteiger partial charge in [0.25, 0.3) is 0 Å². The topological polar surface area (TPSA) is 26.0 Å². The average Bonchev–Trinajstić information content (AvgIpc) is 2.35. The third kappa shape index (κ3) is 4.11. The molecule has 0 saturated carbocycles. The molecule has 0 aromatic heterocycles. The van der Waals surface area contributed by atoms with Crippen molar-refractivity contribution in [1.82, 2.24) is 0 Å². The third-order valence-corrected chi connectivity index (χ3v) is 3.95. The van der Waals surface area contributed by atoms with Crippen molar-refractivity contribution in [2.24, 2.45) is 5.73 Å². The van der Waals surface area contributed by atoms with Crippen molar-refractivity contribution in [2.45, 2.75) is 25.3 Å². The summed E-state index contributed by atoms with van der Waals surface area (Å²) in [6.45, 7) is 2.07. The predicted octanol–water partition coefficient (Wildman–Crippen LogP) is 2.56. The van der Waals surface area contributed by atoms with Crippen LogP contribution in [-0.4, -0.2) is 6.04 Å². The molecule has 1 nitrogen and oxygen atoms in total. The molecule has 3 unspecified atom stereocenters. The fourth-order valence-electron chi connectivity index (χ4n) is 2.39. The molecule has 0 amide bonds. The van der Waals surface area contributed by atoms with E-state index in [0.29, 0.717) is 5.92 Å². The van der Waals surface area contributed by atoms with Crippen molar-refractivity contribution in [3.8, 4) is 0 Å². The maximum atomic E-state index is 6.03. The van der Waals surface area contributed by atoms with Gasteiger partial charge in [-0.15, -0.1) is 18.5 Å². The fourth-order valence-corrected chi connectivity index (χ4v) is 3.00. The molecule has 0 saturated heterocycles. The van der Waals surface area contributed by atoms with Gasteiger partial charge in [-0.3, -0.25) is 0 Å². The Morgan fingerprint density at radius 3 is 1.79 bits per heavy atom. The monoisotopic (exact) mass is 289 g/mol. The Kier molecular flexibility index (Phi) is 5.11. The van der Waals surface area contributed by atoms with E-state index in [1.54, 1.807) is 0 Å². The third-order valence-electron chi connectivity index (χ3n) is 3.23. The number of nitrogens with two attached hydrogens (primary N) is 1. The van der Waals surface area contributed by atoms with Crippen LogP contribution >= 0.6 is 18.5 Å². The van der Waals surface area contributed by atoms with Crippen LogP contribution in [0, 0.1) is 0 Å². The molecule has 2 aromatic rings. The number of benzene rings is 2. The van der Waals surface area contributed by atoms with Crippen LogP contribution in [0.1, 0.15) is 30.4 Å². The molecule has 3 atom stereocenters. The minimum absolute atomic E-state index is 0.186. The zero-order chi connectivity index (χ0) is 13.8. The quantitative estimate of drug-likeness (QED) is 0.860. The second-order valence-corrected chi connectivity index (χ2v) is 6.44. The van der Waals surface area contributed by atoms with Gasteiger partial charge in [0.05, 0.1) is 0 Å². The molecule has 0 aliphatic carbocycles. The van der Waals surface area contributed by atoms with E-state index in [1.807, 2.05) is 0 Å². The van der Waals surface area contributed by atoms with Crippen LogP contribution in [0.25, 0.3) is 0 Å². The highest BCUT2D eigenvalue weighted by Gasteiger charge is 2.16. The molecule has 0 bridgehead atoms. The van der Waals surface area contributed by atoms with Crippen LogP contribution < -0.4 is 16.3 Å². The van der Waals surface area contributed by atoms with Gasteiger partial charge in [0.1, 0.15) is 0 Å². The molecule has 2 N–H and O–H groups in total. The molecule has 100 valence electrons. The summed E-state index contributed by atoms with van der Waals surface area (Å²) in [5.74, 6) is 0.362. The van der Waals surface area contributed by atoms with E-state index in [4.69, 9.17) is 5.73 Å². The highest BCUT2D eigenvalue weighted by Crippen LogP contribution is 2.28.